The third-order valence-electron chi connectivity index (χ3n) is 1.50. The molecule has 0 heterocycles. The van der Waals surface area contributed by atoms with E-state index in [0.717, 1.165) is 7.11 Å². The summed E-state index contributed by atoms with van der Waals surface area (Å²) in [4.78, 5) is 51.6. The van der Waals surface area contributed by atoms with Gasteiger partial charge < -0.3 is 14.6 Å². The Hall–Kier alpha value is -2.72. The topological polar surface area (TPSA) is 162 Å². The molecule has 2 amide bonds. The zero-order chi connectivity index (χ0) is 14.3. The molecule has 100 valence electrons. The van der Waals surface area contributed by atoms with E-state index in [4.69, 9.17) is 5.11 Å². The van der Waals surface area contributed by atoms with Crippen molar-refractivity contribution in [1.29, 1.82) is 0 Å². The Bertz CT molecular complexity index is 376. The summed E-state index contributed by atoms with van der Waals surface area (Å²) < 4.78 is 8.04. The number of imide groups is 1. The fourth-order valence-electron chi connectivity index (χ4n) is 0.637. The molecule has 0 aliphatic rings. The van der Waals surface area contributed by atoms with E-state index in [1.165, 1.54) is 5.32 Å². The van der Waals surface area contributed by atoms with Gasteiger partial charge in [-0.3, -0.25) is 20.2 Å². The van der Waals surface area contributed by atoms with Crippen LogP contribution in [0.25, 0.3) is 0 Å². The van der Waals surface area contributed by atoms with Gasteiger partial charge in [-0.1, -0.05) is 0 Å². The second kappa shape index (κ2) is 6.78. The second-order valence-corrected chi connectivity index (χ2v) is 2.68. The van der Waals surface area contributed by atoms with Crippen molar-refractivity contribution in [2.45, 2.75) is 6.04 Å². The van der Waals surface area contributed by atoms with Crippen molar-refractivity contribution in [3.63, 3.8) is 0 Å². The van der Waals surface area contributed by atoms with Crippen LogP contribution in [0.3, 0.4) is 0 Å². The highest BCUT2D eigenvalue weighted by molar-refractivity contribution is 6.35. The highest BCUT2D eigenvalue weighted by Crippen LogP contribution is 1.93. The number of carboxylic acid groups (broad SMARTS) is 1. The molecule has 0 fully saturated rings. The lowest BCUT2D eigenvalue weighted by molar-refractivity contribution is -0.512. The second-order valence-electron chi connectivity index (χ2n) is 2.68. The van der Waals surface area contributed by atoms with E-state index in [0.29, 0.717) is 0 Å². The first-order valence-electron chi connectivity index (χ1n) is 4.22. The van der Waals surface area contributed by atoms with Crippen LogP contribution in [-0.4, -0.2) is 53.7 Å². The van der Waals surface area contributed by atoms with Crippen LogP contribution in [0.4, 0.5) is 4.79 Å². The smallest absolute Gasteiger partial charge is 0.414 e. The molecule has 0 aromatic carbocycles. The Balaban J connectivity index is 4.32. The zero-order valence-electron chi connectivity index (χ0n) is 8.94. The number of aliphatic carboxylic acids is 1. The van der Waals surface area contributed by atoms with Crippen molar-refractivity contribution in [3.05, 3.63) is 10.1 Å². The molecular weight excluding hydrogens is 256 g/mol. The standard InChI is InChI=1S/C7H8N2O9/c1-17-7(14)8-4(10)6(13)18-2-3(5(11)12)9(15)16/h3H,2H2,1H3,(H,11,12)(H,8,10,14). The molecule has 0 saturated carbocycles. The van der Waals surface area contributed by atoms with Gasteiger partial charge in [0, 0.05) is 4.92 Å². The number of methoxy groups -OCH3 is 1. The first kappa shape index (κ1) is 15.3. The van der Waals surface area contributed by atoms with E-state index in [1.807, 2.05) is 0 Å². The maximum Gasteiger partial charge on any atom is 0.414 e. The highest BCUT2D eigenvalue weighted by Gasteiger charge is 2.32. The summed E-state index contributed by atoms with van der Waals surface area (Å²) in [7, 11) is 0.932. The number of hydrogen-bond donors (Lipinski definition) is 2. The summed E-state index contributed by atoms with van der Waals surface area (Å²) in [6, 6.07) is -2.19. The molecule has 1 unspecified atom stereocenters. The average Bonchev–Trinajstić information content (AvgIpc) is 2.27. The molecule has 11 heteroatoms. The van der Waals surface area contributed by atoms with Gasteiger partial charge in [0.05, 0.1) is 7.11 Å². The van der Waals surface area contributed by atoms with E-state index in [1.54, 1.807) is 0 Å². The number of alkyl carbamates (subject to hydrolysis) is 1. The molecule has 0 radical (unpaired) electrons. The molecule has 0 aliphatic heterocycles. The first-order valence-corrected chi connectivity index (χ1v) is 4.22. The zero-order valence-corrected chi connectivity index (χ0v) is 8.94. The van der Waals surface area contributed by atoms with Crippen LogP contribution in [0.15, 0.2) is 0 Å². The maximum absolute atomic E-state index is 10.9. The number of carbonyl (C=O) groups is 4. The van der Waals surface area contributed by atoms with Crippen LogP contribution in [0.2, 0.25) is 0 Å². The number of nitrogens with one attached hydrogen (secondary N) is 1. The minimum Gasteiger partial charge on any atom is -0.476 e. The van der Waals surface area contributed by atoms with E-state index < -0.39 is 41.5 Å². The van der Waals surface area contributed by atoms with Gasteiger partial charge in [0.15, 0.2) is 6.61 Å². The quantitative estimate of drug-likeness (QED) is 0.256. The number of hydrogen-bond acceptors (Lipinski definition) is 8. The van der Waals surface area contributed by atoms with Crippen molar-refractivity contribution in [2.24, 2.45) is 0 Å². The fraction of sp³-hybridized carbons (Fsp3) is 0.429. The Morgan fingerprint density at radius 3 is 2.33 bits per heavy atom. The van der Waals surface area contributed by atoms with Crippen molar-refractivity contribution >= 4 is 23.9 Å². The van der Waals surface area contributed by atoms with Crippen LogP contribution in [0.1, 0.15) is 0 Å². The number of nitrogens with zero attached hydrogens (tertiary/aromatic N) is 1. The number of nitro groups is 1. The summed E-state index contributed by atoms with van der Waals surface area (Å²) >= 11 is 0. The van der Waals surface area contributed by atoms with Crippen molar-refractivity contribution < 1.29 is 38.7 Å². The summed E-state index contributed by atoms with van der Waals surface area (Å²) in [6.45, 7) is -1.14. The van der Waals surface area contributed by atoms with Gasteiger partial charge in [-0.25, -0.2) is 14.4 Å². The van der Waals surface area contributed by atoms with Gasteiger partial charge in [-0.2, -0.15) is 0 Å². The number of rotatable bonds is 4. The van der Waals surface area contributed by atoms with Gasteiger partial charge in [-0.15, -0.1) is 0 Å². The summed E-state index contributed by atoms with van der Waals surface area (Å²) in [5.41, 5.74) is 0. The molecule has 0 rings (SSSR count). The predicted octanol–water partition coefficient (Wildman–Crippen LogP) is -1.86. The Labute approximate surface area is 98.8 Å². The van der Waals surface area contributed by atoms with Gasteiger partial charge in [0.2, 0.25) is 0 Å². The monoisotopic (exact) mass is 264 g/mol. The van der Waals surface area contributed by atoms with E-state index in [2.05, 4.69) is 9.47 Å². The summed E-state index contributed by atoms with van der Waals surface area (Å²) in [5, 5.41) is 20.0. The van der Waals surface area contributed by atoms with Crippen LogP contribution in [-0.2, 0) is 23.9 Å². The van der Waals surface area contributed by atoms with Crippen LogP contribution < -0.4 is 5.32 Å². The fourth-order valence-corrected chi connectivity index (χ4v) is 0.637. The SMILES string of the molecule is COC(=O)NC(=O)C(=O)OCC(C(=O)O)[N+](=O)[O-]. The first-order chi connectivity index (χ1) is 8.29. The molecule has 0 bridgehead atoms. The van der Waals surface area contributed by atoms with E-state index in [9.17, 15) is 29.3 Å². The third-order valence-corrected chi connectivity index (χ3v) is 1.50. The Morgan fingerprint density at radius 1 is 1.39 bits per heavy atom. The number of esters is 1. The molecule has 0 saturated heterocycles. The van der Waals surface area contributed by atoms with Gasteiger partial charge in [0.1, 0.15) is 0 Å². The normalized spacial score (nSPS) is 10.9. The van der Waals surface area contributed by atoms with Crippen LogP contribution in [0, 0.1) is 10.1 Å². The Kier molecular flexibility index (Phi) is 5.75. The maximum atomic E-state index is 10.9. The average molecular weight is 264 g/mol. The van der Waals surface area contributed by atoms with Crippen molar-refractivity contribution in [3.8, 4) is 0 Å². The molecule has 1 atom stereocenters. The molecule has 11 nitrogen and oxygen atoms in total. The van der Waals surface area contributed by atoms with Crippen LogP contribution in [0.5, 0.6) is 0 Å². The minimum atomic E-state index is -2.19. The lowest BCUT2D eigenvalue weighted by atomic mass is 10.3. The Morgan fingerprint density at radius 2 is 1.94 bits per heavy atom. The van der Waals surface area contributed by atoms with Gasteiger partial charge in [-0.05, 0) is 0 Å². The lowest BCUT2D eigenvalue weighted by Crippen LogP contribution is -2.40. The van der Waals surface area contributed by atoms with E-state index in [-0.39, 0.29) is 0 Å². The predicted molar refractivity (Wildman–Crippen MR) is 49.9 cm³/mol. The molecule has 0 aromatic rings. The number of ether oxygens (including phenoxy) is 2. The largest absolute Gasteiger partial charge is 0.476 e. The molecule has 18 heavy (non-hydrogen) atoms. The highest BCUT2D eigenvalue weighted by atomic mass is 16.6. The number of amides is 2. The molecule has 0 aromatic heterocycles. The minimum absolute atomic E-state index is 0.932. The molecule has 0 spiro atoms. The van der Waals surface area contributed by atoms with Crippen molar-refractivity contribution in [2.75, 3.05) is 13.7 Å². The van der Waals surface area contributed by atoms with E-state index >= 15 is 0 Å². The number of carbonyl (C=O) groups excluding carboxylic acids is 3. The molecular formula is C7H8N2O9. The summed E-state index contributed by atoms with van der Waals surface area (Å²) in [6.07, 6.45) is -1.24. The lowest BCUT2D eigenvalue weighted by Gasteiger charge is -2.06. The van der Waals surface area contributed by atoms with Gasteiger partial charge >= 0.3 is 30.0 Å². The van der Waals surface area contributed by atoms with Crippen molar-refractivity contribution in [1.82, 2.24) is 5.32 Å². The third kappa shape index (κ3) is 4.87. The van der Waals surface area contributed by atoms with Gasteiger partial charge in [0.25, 0.3) is 0 Å². The molecule has 2 N–H and O–H groups in total. The molecule has 0 aliphatic carbocycles. The van der Waals surface area contributed by atoms with Crippen LogP contribution >= 0.6 is 0 Å². The summed E-state index contributed by atoms with van der Waals surface area (Å²) in [5.74, 6) is -5.01. The number of carboxylic acids is 1.